The monoisotopic (exact) mass is 413 g/mol. The van der Waals surface area contributed by atoms with Crippen LogP contribution in [0, 0.1) is 13.8 Å². The number of nitrogens with one attached hydrogen (secondary N) is 2. The van der Waals surface area contributed by atoms with Crippen LogP contribution in [0.1, 0.15) is 22.3 Å². The molecule has 156 valence electrons. The quantitative estimate of drug-likeness (QED) is 0.626. The van der Waals surface area contributed by atoms with Gasteiger partial charge in [-0.15, -0.1) is 0 Å². The second-order valence-electron chi connectivity index (χ2n) is 7.65. The van der Waals surface area contributed by atoms with E-state index in [1.807, 2.05) is 56.3 Å². The molecule has 1 aliphatic heterocycles. The molecule has 4 amide bonds. The molecule has 6 nitrogen and oxygen atoms in total. The molecule has 1 saturated heterocycles. The average molecular weight is 413 g/mol. The fraction of sp³-hybridized carbons (Fsp3) is 0.160. The molecule has 0 bridgehead atoms. The second kappa shape index (κ2) is 8.07. The van der Waals surface area contributed by atoms with Crippen LogP contribution in [0.5, 0.6) is 0 Å². The molecule has 0 aliphatic carbocycles. The zero-order valence-corrected chi connectivity index (χ0v) is 17.4. The Balaban J connectivity index is 1.70. The number of hydrogen-bond acceptors (Lipinski definition) is 3. The van der Waals surface area contributed by atoms with Crippen LogP contribution in [-0.4, -0.2) is 29.3 Å². The van der Waals surface area contributed by atoms with Gasteiger partial charge in [0.25, 0.3) is 5.91 Å². The molecular weight excluding hydrogens is 390 g/mol. The number of para-hydroxylation sites is 1. The summed E-state index contributed by atoms with van der Waals surface area (Å²) in [6, 6.07) is 23.1. The molecule has 6 heteroatoms. The molecule has 1 atom stereocenters. The van der Waals surface area contributed by atoms with Gasteiger partial charge >= 0.3 is 6.03 Å². The minimum Gasteiger partial charge on any atom is -0.325 e. The molecular formula is C25H23N3O3. The lowest BCUT2D eigenvalue weighted by Crippen LogP contribution is -2.45. The molecule has 0 radical (unpaired) electrons. The number of carbonyl (C=O) groups is 3. The Kier molecular flexibility index (Phi) is 5.29. The number of imide groups is 1. The summed E-state index contributed by atoms with van der Waals surface area (Å²) in [4.78, 5) is 40.1. The van der Waals surface area contributed by atoms with Crippen LogP contribution in [-0.2, 0) is 15.1 Å². The highest BCUT2D eigenvalue weighted by Gasteiger charge is 2.54. The molecule has 0 unspecified atom stereocenters. The minimum absolute atomic E-state index is 0.376. The van der Waals surface area contributed by atoms with Crippen molar-refractivity contribution in [3.05, 3.63) is 101 Å². The molecule has 1 heterocycles. The largest absolute Gasteiger partial charge is 0.326 e. The van der Waals surface area contributed by atoms with E-state index in [-0.39, 0.29) is 6.54 Å². The summed E-state index contributed by atoms with van der Waals surface area (Å²) in [6.07, 6.45) is 0. The van der Waals surface area contributed by atoms with Gasteiger partial charge in [-0.05, 0) is 48.2 Å². The Morgan fingerprint density at radius 2 is 1.52 bits per heavy atom. The lowest BCUT2D eigenvalue weighted by Gasteiger charge is -2.28. The third-order valence-electron chi connectivity index (χ3n) is 5.61. The summed E-state index contributed by atoms with van der Waals surface area (Å²) in [5.41, 5.74) is 2.61. The maximum Gasteiger partial charge on any atom is 0.326 e. The Bertz CT molecular complexity index is 1150. The molecule has 31 heavy (non-hydrogen) atoms. The highest BCUT2D eigenvalue weighted by atomic mass is 16.2. The molecule has 0 spiro atoms. The second-order valence-corrected chi connectivity index (χ2v) is 7.65. The first-order chi connectivity index (χ1) is 14.9. The predicted molar refractivity (Wildman–Crippen MR) is 118 cm³/mol. The normalized spacial score (nSPS) is 18.1. The van der Waals surface area contributed by atoms with E-state index in [4.69, 9.17) is 0 Å². The van der Waals surface area contributed by atoms with Gasteiger partial charge in [-0.1, -0.05) is 66.7 Å². The molecule has 0 saturated carbocycles. The van der Waals surface area contributed by atoms with Crippen molar-refractivity contribution in [3.8, 4) is 0 Å². The first-order valence-electron chi connectivity index (χ1n) is 10.0. The van der Waals surface area contributed by atoms with Crippen molar-refractivity contribution in [2.24, 2.45) is 0 Å². The van der Waals surface area contributed by atoms with E-state index in [9.17, 15) is 14.4 Å². The van der Waals surface area contributed by atoms with Crippen LogP contribution in [0.15, 0.2) is 78.9 Å². The van der Waals surface area contributed by atoms with Crippen molar-refractivity contribution >= 4 is 23.5 Å². The number of nitrogens with zero attached hydrogens (tertiary/aromatic N) is 1. The van der Waals surface area contributed by atoms with Gasteiger partial charge in [-0.25, -0.2) is 4.79 Å². The Hall–Kier alpha value is -3.93. The number of aryl methyl sites for hydroxylation is 2. The van der Waals surface area contributed by atoms with Crippen LogP contribution in [0.2, 0.25) is 0 Å². The van der Waals surface area contributed by atoms with Gasteiger partial charge in [0.2, 0.25) is 5.91 Å². The fourth-order valence-electron chi connectivity index (χ4n) is 3.81. The third-order valence-corrected chi connectivity index (χ3v) is 5.61. The van der Waals surface area contributed by atoms with Crippen LogP contribution in [0.25, 0.3) is 0 Å². The van der Waals surface area contributed by atoms with Crippen LogP contribution in [0.4, 0.5) is 10.5 Å². The summed E-state index contributed by atoms with van der Waals surface area (Å²) < 4.78 is 0. The van der Waals surface area contributed by atoms with Gasteiger partial charge in [-0.2, -0.15) is 0 Å². The van der Waals surface area contributed by atoms with Crippen molar-refractivity contribution in [2.45, 2.75) is 19.4 Å². The highest BCUT2D eigenvalue weighted by Crippen LogP contribution is 2.36. The molecule has 3 aromatic rings. The predicted octanol–water partition coefficient (Wildman–Crippen LogP) is 3.74. The van der Waals surface area contributed by atoms with E-state index in [0.717, 1.165) is 16.0 Å². The van der Waals surface area contributed by atoms with Crippen molar-refractivity contribution in [3.63, 3.8) is 0 Å². The maximum atomic E-state index is 13.7. The van der Waals surface area contributed by atoms with E-state index < -0.39 is 23.4 Å². The summed E-state index contributed by atoms with van der Waals surface area (Å²) >= 11 is 0. The van der Waals surface area contributed by atoms with Crippen molar-refractivity contribution < 1.29 is 14.4 Å². The van der Waals surface area contributed by atoms with Gasteiger partial charge in [0.05, 0.1) is 0 Å². The van der Waals surface area contributed by atoms with Gasteiger partial charge in [0.15, 0.2) is 5.54 Å². The van der Waals surface area contributed by atoms with Gasteiger partial charge < -0.3 is 10.6 Å². The summed E-state index contributed by atoms with van der Waals surface area (Å²) in [5, 5.41) is 5.59. The number of hydrogen-bond donors (Lipinski definition) is 2. The van der Waals surface area contributed by atoms with Gasteiger partial charge in [0, 0.05) is 5.69 Å². The number of amides is 4. The van der Waals surface area contributed by atoms with Crippen LogP contribution in [0.3, 0.4) is 0 Å². The van der Waals surface area contributed by atoms with Gasteiger partial charge in [-0.3, -0.25) is 14.5 Å². The molecule has 1 aliphatic rings. The molecule has 4 rings (SSSR count). The number of urea groups is 1. The molecule has 1 fully saturated rings. The fourth-order valence-corrected chi connectivity index (χ4v) is 3.81. The Labute approximate surface area is 180 Å². The van der Waals surface area contributed by atoms with Crippen molar-refractivity contribution in [1.82, 2.24) is 10.2 Å². The summed E-state index contributed by atoms with van der Waals surface area (Å²) in [6.45, 7) is 3.58. The number of carbonyl (C=O) groups excluding carboxylic acids is 3. The SMILES string of the molecule is Cc1ccc([C@]2(c3ccccc3)NC(=O)N(CC(=O)Nc3ccccc3)C2=O)cc1C. The van der Waals surface area contributed by atoms with Crippen molar-refractivity contribution in [1.29, 1.82) is 0 Å². The van der Waals surface area contributed by atoms with Gasteiger partial charge in [0.1, 0.15) is 6.54 Å². The zero-order valence-electron chi connectivity index (χ0n) is 17.4. The average Bonchev–Trinajstić information content (AvgIpc) is 3.02. The van der Waals surface area contributed by atoms with E-state index in [1.54, 1.807) is 36.4 Å². The van der Waals surface area contributed by atoms with E-state index in [0.29, 0.717) is 16.8 Å². The standard InChI is InChI=1S/C25H23N3O3/c1-17-13-14-20(15-18(17)2)25(19-9-5-3-6-10-19)23(30)28(24(31)27-25)16-22(29)26-21-11-7-4-8-12-21/h3-15H,16H2,1-2H3,(H,26,29)(H,27,31)/t25-/m0/s1. The lowest BCUT2D eigenvalue weighted by atomic mass is 9.81. The van der Waals surface area contributed by atoms with E-state index >= 15 is 0 Å². The lowest BCUT2D eigenvalue weighted by molar-refractivity contribution is -0.133. The Morgan fingerprint density at radius 3 is 2.16 bits per heavy atom. The summed E-state index contributed by atoms with van der Waals surface area (Å²) in [7, 11) is 0. The zero-order chi connectivity index (χ0) is 22.0. The number of rotatable bonds is 5. The third kappa shape index (κ3) is 3.68. The number of benzene rings is 3. The topological polar surface area (TPSA) is 78.5 Å². The first-order valence-corrected chi connectivity index (χ1v) is 10.0. The van der Waals surface area contributed by atoms with E-state index in [2.05, 4.69) is 10.6 Å². The smallest absolute Gasteiger partial charge is 0.325 e. The maximum absolute atomic E-state index is 13.7. The number of anilines is 1. The first kappa shape index (κ1) is 20.3. The van der Waals surface area contributed by atoms with Crippen molar-refractivity contribution in [2.75, 3.05) is 11.9 Å². The van der Waals surface area contributed by atoms with Crippen LogP contribution < -0.4 is 10.6 Å². The Morgan fingerprint density at radius 1 is 0.871 bits per heavy atom. The highest BCUT2D eigenvalue weighted by molar-refractivity contribution is 6.12. The minimum atomic E-state index is -1.39. The molecule has 0 aromatic heterocycles. The van der Waals surface area contributed by atoms with Crippen LogP contribution >= 0.6 is 0 Å². The van der Waals surface area contributed by atoms with E-state index in [1.165, 1.54) is 0 Å². The molecule has 3 aromatic carbocycles. The molecule has 2 N–H and O–H groups in total. The summed E-state index contributed by atoms with van der Waals surface area (Å²) in [5.74, 6) is -0.922.